The standard InChI is InChI=1S/C14H15Cl2FO/c15-10-4-3-9(7-11(10)17)18-13-8-12(16)14(13)5-1-2-6-14/h3-4,7,12-13H,1-2,5-6,8H2. The first kappa shape index (κ1) is 12.6. The smallest absolute Gasteiger partial charge is 0.145 e. The van der Waals surface area contributed by atoms with E-state index in [1.165, 1.54) is 25.0 Å². The summed E-state index contributed by atoms with van der Waals surface area (Å²) in [5.41, 5.74) is 0.123. The van der Waals surface area contributed by atoms with Crippen LogP contribution < -0.4 is 4.74 Å². The minimum atomic E-state index is -0.434. The summed E-state index contributed by atoms with van der Waals surface area (Å²) in [5, 5.41) is 0.337. The van der Waals surface area contributed by atoms with E-state index in [2.05, 4.69) is 0 Å². The first-order valence-corrected chi connectivity index (χ1v) is 7.19. The van der Waals surface area contributed by atoms with Gasteiger partial charge in [0.1, 0.15) is 17.7 Å². The fraction of sp³-hybridized carbons (Fsp3) is 0.571. The van der Waals surface area contributed by atoms with E-state index in [4.69, 9.17) is 27.9 Å². The van der Waals surface area contributed by atoms with Crippen molar-refractivity contribution < 1.29 is 9.13 Å². The van der Waals surface area contributed by atoms with Gasteiger partial charge in [-0.25, -0.2) is 4.39 Å². The van der Waals surface area contributed by atoms with Crippen LogP contribution in [0.1, 0.15) is 32.1 Å². The predicted molar refractivity (Wildman–Crippen MR) is 71.0 cm³/mol. The molecule has 0 bridgehead atoms. The molecule has 2 saturated carbocycles. The highest BCUT2D eigenvalue weighted by Gasteiger charge is 2.56. The van der Waals surface area contributed by atoms with Crippen molar-refractivity contribution >= 4 is 23.2 Å². The quantitative estimate of drug-likeness (QED) is 0.711. The maximum absolute atomic E-state index is 13.4. The number of halogens is 3. The summed E-state index contributed by atoms with van der Waals surface area (Å²) in [7, 11) is 0. The van der Waals surface area contributed by atoms with Crippen molar-refractivity contribution in [1.82, 2.24) is 0 Å². The summed E-state index contributed by atoms with van der Waals surface area (Å²) in [4.78, 5) is 0. The molecule has 2 aliphatic rings. The van der Waals surface area contributed by atoms with Crippen LogP contribution in [0.5, 0.6) is 5.75 Å². The van der Waals surface area contributed by atoms with E-state index in [0.717, 1.165) is 19.3 Å². The highest BCUT2D eigenvalue weighted by Crippen LogP contribution is 2.57. The number of ether oxygens (including phenoxy) is 1. The summed E-state index contributed by atoms with van der Waals surface area (Å²) >= 11 is 12.0. The number of hydrogen-bond acceptors (Lipinski definition) is 1. The van der Waals surface area contributed by atoms with Crippen LogP contribution in [0.2, 0.25) is 5.02 Å². The van der Waals surface area contributed by atoms with Crippen molar-refractivity contribution in [3.63, 3.8) is 0 Å². The van der Waals surface area contributed by atoms with Crippen LogP contribution >= 0.6 is 23.2 Å². The van der Waals surface area contributed by atoms with Gasteiger partial charge in [0.15, 0.2) is 0 Å². The Morgan fingerprint density at radius 2 is 2.00 bits per heavy atom. The zero-order chi connectivity index (χ0) is 12.8. The SMILES string of the molecule is Fc1cc(OC2CC(Cl)C23CCCC3)ccc1Cl. The minimum Gasteiger partial charge on any atom is -0.490 e. The molecule has 1 aromatic rings. The van der Waals surface area contributed by atoms with Crippen LogP contribution in [-0.4, -0.2) is 11.5 Å². The van der Waals surface area contributed by atoms with Crippen molar-refractivity contribution in [1.29, 1.82) is 0 Å². The van der Waals surface area contributed by atoms with E-state index < -0.39 is 5.82 Å². The monoisotopic (exact) mass is 288 g/mol. The topological polar surface area (TPSA) is 9.23 Å². The third kappa shape index (κ3) is 1.90. The Bertz CT molecular complexity index is 457. The Morgan fingerprint density at radius 3 is 2.61 bits per heavy atom. The molecule has 0 radical (unpaired) electrons. The number of rotatable bonds is 2. The van der Waals surface area contributed by atoms with Gasteiger partial charge in [-0.05, 0) is 25.0 Å². The molecule has 18 heavy (non-hydrogen) atoms. The molecule has 3 rings (SSSR count). The maximum atomic E-state index is 13.4. The average molecular weight is 289 g/mol. The van der Waals surface area contributed by atoms with Crippen molar-refractivity contribution in [3.05, 3.63) is 29.0 Å². The molecule has 98 valence electrons. The van der Waals surface area contributed by atoms with E-state index in [9.17, 15) is 4.39 Å². The molecule has 2 unspecified atom stereocenters. The van der Waals surface area contributed by atoms with E-state index in [0.29, 0.717) is 5.75 Å². The molecular formula is C14H15Cl2FO. The second-order valence-corrected chi connectivity index (χ2v) is 6.26. The summed E-state index contributed by atoms with van der Waals surface area (Å²) in [6.07, 6.45) is 5.68. The molecule has 0 saturated heterocycles. The van der Waals surface area contributed by atoms with Gasteiger partial charge in [0.05, 0.1) is 5.02 Å². The Morgan fingerprint density at radius 1 is 1.28 bits per heavy atom. The van der Waals surface area contributed by atoms with Crippen LogP contribution in [0.3, 0.4) is 0 Å². The Balaban J connectivity index is 1.75. The third-order valence-electron chi connectivity index (χ3n) is 4.39. The van der Waals surface area contributed by atoms with Crippen LogP contribution in [-0.2, 0) is 0 Å². The van der Waals surface area contributed by atoms with Gasteiger partial charge in [-0.3, -0.25) is 0 Å². The van der Waals surface area contributed by atoms with Crippen molar-refractivity contribution in [2.24, 2.45) is 5.41 Å². The Hall–Kier alpha value is -0.470. The van der Waals surface area contributed by atoms with E-state index in [1.807, 2.05) is 0 Å². The second kappa shape index (κ2) is 4.57. The fourth-order valence-electron chi connectivity index (χ4n) is 3.25. The zero-order valence-corrected chi connectivity index (χ0v) is 11.5. The van der Waals surface area contributed by atoms with Crippen LogP contribution in [0, 0.1) is 11.2 Å². The van der Waals surface area contributed by atoms with E-state index >= 15 is 0 Å². The second-order valence-electron chi connectivity index (χ2n) is 5.33. The van der Waals surface area contributed by atoms with Gasteiger partial charge in [-0.1, -0.05) is 24.4 Å². The lowest BCUT2D eigenvalue weighted by atomic mass is 9.64. The number of benzene rings is 1. The lowest BCUT2D eigenvalue weighted by Gasteiger charge is -2.50. The molecule has 2 fully saturated rings. The largest absolute Gasteiger partial charge is 0.490 e. The van der Waals surface area contributed by atoms with Crippen LogP contribution in [0.4, 0.5) is 4.39 Å². The summed E-state index contributed by atoms with van der Waals surface area (Å²) in [6, 6.07) is 4.60. The Labute approximate surface area is 116 Å². The van der Waals surface area contributed by atoms with Crippen molar-refractivity contribution in [2.75, 3.05) is 0 Å². The van der Waals surface area contributed by atoms with Gasteiger partial charge >= 0.3 is 0 Å². The number of alkyl halides is 1. The van der Waals surface area contributed by atoms with Gasteiger partial charge in [0.2, 0.25) is 0 Å². The predicted octanol–water partition coefficient (Wildman–Crippen LogP) is 4.80. The summed E-state index contributed by atoms with van der Waals surface area (Å²) in [5.74, 6) is 0.119. The molecule has 2 aliphatic carbocycles. The van der Waals surface area contributed by atoms with Crippen molar-refractivity contribution in [3.8, 4) is 5.75 Å². The highest BCUT2D eigenvalue weighted by atomic mass is 35.5. The van der Waals surface area contributed by atoms with Crippen LogP contribution in [0.25, 0.3) is 0 Å². The minimum absolute atomic E-state index is 0.123. The molecule has 0 aromatic heterocycles. The van der Waals surface area contributed by atoms with Gasteiger partial charge in [0, 0.05) is 23.3 Å². The van der Waals surface area contributed by atoms with Crippen molar-refractivity contribution in [2.45, 2.75) is 43.6 Å². The maximum Gasteiger partial charge on any atom is 0.145 e. The first-order valence-electron chi connectivity index (χ1n) is 6.37. The van der Waals surface area contributed by atoms with Gasteiger partial charge in [-0.15, -0.1) is 11.6 Å². The fourth-order valence-corrected chi connectivity index (χ4v) is 3.89. The van der Waals surface area contributed by atoms with Crippen LogP contribution in [0.15, 0.2) is 18.2 Å². The van der Waals surface area contributed by atoms with Gasteiger partial charge < -0.3 is 4.74 Å². The van der Waals surface area contributed by atoms with E-state index in [1.54, 1.807) is 6.07 Å². The zero-order valence-electron chi connectivity index (χ0n) is 9.96. The molecule has 1 nitrogen and oxygen atoms in total. The molecule has 0 amide bonds. The lowest BCUT2D eigenvalue weighted by molar-refractivity contribution is -0.0356. The molecular weight excluding hydrogens is 274 g/mol. The molecule has 0 N–H and O–H groups in total. The molecule has 1 aromatic carbocycles. The Kier molecular flexibility index (Phi) is 3.19. The first-order chi connectivity index (χ1) is 8.62. The lowest BCUT2D eigenvalue weighted by Crippen LogP contribution is -2.55. The summed E-state index contributed by atoms with van der Waals surface area (Å²) < 4.78 is 19.3. The number of hydrogen-bond donors (Lipinski definition) is 0. The van der Waals surface area contributed by atoms with Gasteiger partial charge in [0.25, 0.3) is 0 Å². The normalized spacial score (nSPS) is 29.3. The molecule has 2 atom stereocenters. The molecule has 4 heteroatoms. The summed E-state index contributed by atoms with van der Waals surface area (Å²) in [6.45, 7) is 0. The third-order valence-corrected chi connectivity index (χ3v) is 5.31. The average Bonchev–Trinajstić information content (AvgIpc) is 2.85. The highest BCUT2D eigenvalue weighted by molar-refractivity contribution is 6.30. The van der Waals surface area contributed by atoms with E-state index in [-0.39, 0.29) is 21.9 Å². The molecule has 1 spiro atoms. The van der Waals surface area contributed by atoms with Gasteiger partial charge in [-0.2, -0.15) is 0 Å². The molecule has 0 heterocycles. The molecule has 0 aliphatic heterocycles.